The number of ketones is 1. The molecule has 2 aromatic heterocycles. The third-order valence-electron chi connectivity index (χ3n) is 4.87. The Bertz CT molecular complexity index is 964. The zero-order valence-corrected chi connectivity index (χ0v) is 17.0. The van der Waals surface area contributed by atoms with Gasteiger partial charge in [-0.05, 0) is 25.3 Å². The van der Waals surface area contributed by atoms with Crippen molar-refractivity contribution in [3.63, 3.8) is 0 Å². The Morgan fingerprint density at radius 2 is 2.03 bits per heavy atom. The van der Waals surface area contributed by atoms with Crippen LogP contribution in [0.1, 0.15) is 30.7 Å². The van der Waals surface area contributed by atoms with E-state index in [-0.39, 0.29) is 42.8 Å². The fourth-order valence-corrected chi connectivity index (χ4v) is 3.01. The number of carbonyl (C=O) groups excluding carboxylic acids is 2. The highest BCUT2D eigenvalue weighted by Gasteiger charge is 2.29. The number of amides is 1. The van der Waals surface area contributed by atoms with Gasteiger partial charge in [-0.1, -0.05) is 0 Å². The standard InChI is InChI=1S/C21H24N6O3/c1-27(2)21(30)16(5-6-28)26-17-7-14(10-24-18(17)9-22)19-12-23-15(11-25-19)8-20(29)13-3-4-13/h7,10-13,16,26,28H,3-6,8H2,1-2H3. The Balaban J connectivity index is 1.82. The number of rotatable bonds is 9. The highest BCUT2D eigenvalue weighted by Crippen LogP contribution is 2.30. The van der Waals surface area contributed by atoms with Crippen molar-refractivity contribution < 1.29 is 14.7 Å². The first-order valence-corrected chi connectivity index (χ1v) is 9.75. The number of hydrogen-bond donors (Lipinski definition) is 2. The molecule has 1 atom stereocenters. The Morgan fingerprint density at radius 3 is 2.60 bits per heavy atom. The number of anilines is 1. The summed E-state index contributed by atoms with van der Waals surface area (Å²) < 4.78 is 0. The number of carbonyl (C=O) groups is 2. The van der Waals surface area contributed by atoms with E-state index in [9.17, 15) is 20.0 Å². The van der Waals surface area contributed by atoms with E-state index in [0.29, 0.717) is 22.6 Å². The summed E-state index contributed by atoms with van der Waals surface area (Å²) in [5.74, 6) is 0.159. The normalized spacial score (nSPS) is 13.9. The van der Waals surface area contributed by atoms with Crippen LogP contribution in [-0.4, -0.2) is 63.4 Å². The van der Waals surface area contributed by atoms with Crippen molar-refractivity contribution in [2.45, 2.75) is 31.7 Å². The molecule has 1 aliphatic rings. The highest BCUT2D eigenvalue weighted by atomic mass is 16.3. The summed E-state index contributed by atoms with van der Waals surface area (Å²) in [4.78, 5) is 38.6. The molecule has 9 nitrogen and oxygen atoms in total. The highest BCUT2D eigenvalue weighted by molar-refractivity contribution is 5.85. The summed E-state index contributed by atoms with van der Waals surface area (Å²) >= 11 is 0. The van der Waals surface area contributed by atoms with Gasteiger partial charge in [0, 0.05) is 44.6 Å². The minimum Gasteiger partial charge on any atom is -0.396 e. The number of aliphatic hydroxyl groups is 1. The van der Waals surface area contributed by atoms with Crippen LogP contribution in [0.15, 0.2) is 24.7 Å². The second-order valence-electron chi connectivity index (χ2n) is 7.48. The molecule has 0 aliphatic heterocycles. The number of likely N-dealkylation sites (N-methyl/N-ethyl adjacent to an activating group) is 1. The second-order valence-corrected chi connectivity index (χ2v) is 7.48. The maximum absolute atomic E-state index is 12.4. The molecule has 2 aromatic rings. The molecule has 9 heteroatoms. The van der Waals surface area contributed by atoms with Crippen molar-refractivity contribution in [2.24, 2.45) is 5.92 Å². The van der Waals surface area contributed by atoms with Crippen molar-refractivity contribution in [1.29, 1.82) is 5.26 Å². The van der Waals surface area contributed by atoms with E-state index >= 15 is 0 Å². The predicted molar refractivity (Wildman–Crippen MR) is 109 cm³/mol. The van der Waals surface area contributed by atoms with Gasteiger partial charge < -0.3 is 15.3 Å². The third kappa shape index (κ3) is 5.15. The van der Waals surface area contributed by atoms with Crippen molar-refractivity contribution >= 4 is 17.4 Å². The van der Waals surface area contributed by atoms with E-state index < -0.39 is 6.04 Å². The summed E-state index contributed by atoms with van der Waals surface area (Å²) in [7, 11) is 3.25. The minimum atomic E-state index is -0.698. The molecule has 1 saturated carbocycles. The van der Waals surface area contributed by atoms with E-state index in [0.717, 1.165) is 12.8 Å². The third-order valence-corrected chi connectivity index (χ3v) is 4.87. The predicted octanol–water partition coefficient (Wildman–Crippen LogP) is 1.18. The first-order valence-electron chi connectivity index (χ1n) is 9.75. The number of pyridine rings is 1. The molecule has 2 heterocycles. The van der Waals surface area contributed by atoms with Gasteiger partial charge in [0.15, 0.2) is 5.69 Å². The summed E-state index contributed by atoms with van der Waals surface area (Å²) in [5.41, 5.74) is 2.28. The lowest BCUT2D eigenvalue weighted by Gasteiger charge is -2.22. The van der Waals surface area contributed by atoms with Crippen LogP contribution in [0, 0.1) is 17.2 Å². The van der Waals surface area contributed by atoms with Crippen molar-refractivity contribution in [3.05, 3.63) is 36.0 Å². The van der Waals surface area contributed by atoms with E-state index in [1.165, 1.54) is 11.1 Å². The van der Waals surface area contributed by atoms with Gasteiger partial charge in [-0.15, -0.1) is 0 Å². The van der Waals surface area contributed by atoms with Gasteiger partial charge in [-0.25, -0.2) is 4.98 Å². The van der Waals surface area contributed by atoms with Crippen LogP contribution in [0.5, 0.6) is 0 Å². The molecular weight excluding hydrogens is 384 g/mol. The molecule has 1 amide bonds. The van der Waals surface area contributed by atoms with Crippen LogP contribution < -0.4 is 5.32 Å². The van der Waals surface area contributed by atoms with Gasteiger partial charge in [0.25, 0.3) is 0 Å². The summed E-state index contributed by atoms with van der Waals surface area (Å²) in [6.45, 7) is -0.182. The molecule has 1 aliphatic carbocycles. The molecular formula is C21H24N6O3. The summed E-state index contributed by atoms with van der Waals surface area (Å²) in [5, 5.41) is 21.7. The zero-order chi connectivity index (χ0) is 21.7. The van der Waals surface area contributed by atoms with Crippen molar-refractivity contribution in [2.75, 3.05) is 26.0 Å². The first-order chi connectivity index (χ1) is 14.4. The Morgan fingerprint density at radius 1 is 1.27 bits per heavy atom. The monoisotopic (exact) mass is 408 g/mol. The molecule has 0 spiro atoms. The number of aliphatic hydroxyl groups excluding tert-OH is 1. The maximum atomic E-state index is 12.4. The fraction of sp³-hybridized carbons (Fsp3) is 0.429. The van der Waals surface area contributed by atoms with E-state index in [1.807, 2.05) is 6.07 Å². The summed E-state index contributed by atoms with van der Waals surface area (Å²) in [6, 6.07) is 2.98. The van der Waals surface area contributed by atoms with Crippen LogP contribution in [-0.2, 0) is 16.0 Å². The number of nitrogens with one attached hydrogen (secondary N) is 1. The molecule has 2 N–H and O–H groups in total. The molecule has 1 fully saturated rings. The average Bonchev–Trinajstić information content (AvgIpc) is 3.59. The van der Waals surface area contributed by atoms with Crippen molar-refractivity contribution in [3.8, 4) is 17.3 Å². The molecule has 3 rings (SSSR count). The lowest BCUT2D eigenvalue weighted by molar-refractivity contribution is -0.129. The van der Waals surface area contributed by atoms with E-state index in [2.05, 4.69) is 20.3 Å². The van der Waals surface area contributed by atoms with Crippen LogP contribution >= 0.6 is 0 Å². The minimum absolute atomic E-state index is 0.132. The van der Waals surface area contributed by atoms with Gasteiger partial charge in [0.1, 0.15) is 17.9 Å². The van der Waals surface area contributed by atoms with Gasteiger partial charge >= 0.3 is 0 Å². The zero-order valence-electron chi connectivity index (χ0n) is 17.0. The Kier molecular flexibility index (Phi) is 6.69. The number of hydrogen-bond acceptors (Lipinski definition) is 8. The summed E-state index contributed by atoms with van der Waals surface area (Å²) in [6.07, 6.45) is 7.05. The molecule has 30 heavy (non-hydrogen) atoms. The van der Waals surface area contributed by atoms with Gasteiger partial charge in [-0.2, -0.15) is 5.26 Å². The molecule has 156 valence electrons. The number of nitrogens with zero attached hydrogens (tertiary/aromatic N) is 5. The smallest absolute Gasteiger partial charge is 0.244 e. The van der Waals surface area contributed by atoms with E-state index in [4.69, 9.17) is 0 Å². The molecule has 0 bridgehead atoms. The lowest BCUT2D eigenvalue weighted by atomic mass is 10.1. The lowest BCUT2D eigenvalue weighted by Crippen LogP contribution is -2.39. The number of nitriles is 1. The number of aromatic nitrogens is 3. The van der Waals surface area contributed by atoms with Crippen LogP contribution in [0.2, 0.25) is 0 Å². The Labute approximate surface area is 174 Å². The van der Waals surface area contributed by atoms with Crippen molar-refractivity contribution in [1.82, 2.24) is 19.9 Å². The number of Topliss-reactive ketones (excluding diaryl/α,β-unsaturated/α-hetero) is 1. The second kappa shape index (κ2) is 9.41. The first kappa shape index (κ1) is 21.3. The largest absolute Gasteiger partial charge is 0.396 e. The SMILES string of the molecule is CN(C)C(=O)C(CCO)Nc1cc(-c2cnc(CC(=O)C3CC3)cn2)cnc1C#N. The molecule has 1 unspecified atom stereocenters. The molecule has 0 aromatic carbocycles. The van der Waals surface area contributed by atoms with Gasteiger partial charge in [-0.3, -0.25) is 19.6 Å². The van der Waals surface area contributed by atoms with Crippen LogP contribution in [0.4, 0.5) is 5.69 Å². The molecule has 0 radical (unpaired) electrons. The molecule has 0 saturated heterocycles. The van der Waals surface area contributed by atoms with E-state index in [1.54, 1.807) is 32.6 Å². The topological polar surface area (TPSA) is 132 Å². The van der Waals surface area contributed by atoms with Crippen LogP contribution in [0.3, 0.4) is 0 Å². The Hall–Kier alpha value is -3.38. The quantitative estimate of drug-likeness (QED) is 0.632. The van der Waals surface area contributed by atoms with Gasteiger partial charge in [0.2, 0.25) is 5.91 Å². The van der Waals surface area contributed by atoms with Crippen LogP contribution in [0.25, 0.3) is 11.3 Å². The van der Waals surface area contributed by atoms with Gasteiger partial charge in [0.05, 0.1) is 29.7 Å². The average molecular weight is 408 g/mol. The fourth-order valence-electron chi connectivity index (χ4n) is 3.01. The maximum Gasteiger partial charge on any atom is 0.244 e.